The standard InChI is InChI=1S/C13H15NO4S/c1-10-9-11(4-6-13(15)16)3-5-12(10)14-7-2-8-19(14,17)18/h3-6,9H,2,7-8H2,1H3,(H,15,16)/b6-4+. The third-order valence-electron chi connectivity index (χ3n) is 3.01. The van der Waals surface area contributed by atoms with Crippen LogP contribution in [0, 0.1) is 6.92 Å². The van der Waals surface area contributed by atoms with E-state index < -0.39 is 16.0 Å². The van der Waals surface area contributed by atoms with Gasteiger partial charge in [0.1, 0.15) is 0 Å². The summed E-state index contributed by atoms with van der Waals surface area (Å²) in [6.45, 7) is 2.33. The third kappa shape index (κ3) is 2.96. The van der Waals surface area contributed by atoms with Gasteiger partial charge in [-0.25, -0.2) is 13.2 Å². The summed E-state index contributed by atoms with van der Waals surface area (Å²) in [5.74, 6) is -0.823. The quantitative estimate of drug-likeness (QED) is 0.855. The number of benzene rings is 1. The van der Waals surface area contributed by atoms with Crippen LogP contribution in [-0.4, -0.2) is 31.8 Å². The summed E-state index contributed by atoms with van der Waals surface area (Å²) in [7, 11) is -3.18. The Morgan fingerprint density at radius 1 is 1.42 bits per heavy atom. The van der Waals surface area contributed by atoms with Gasteiger partial charge in [-0.15, -0.1) is 0 Å². The van der Waals surface area contributed by atoms with Gasteiger partial charge in [-0.2, -0.15) is 0 Å². The molecule has 1 N–H and O–H groups in total. The fourth-order valence-electron chi connectivity index (χ4n) is 2.14. The van der Waals surface area contributed by atoms with Crippen LogP contribution in [0.25, 0.3) is 6.08 Å². The second-order valence-corrected chi connectivity index (χ2v) is 6.47. The summed E-state index contributed by atoms with van der Waals surface area (Å²) in [4.78, 5) is 10.4. The smallest absolute Gasteiger partial charge is 0.328 e. The maximum absolute atomic E-state index is 11.8. The van der Waals surface area contributed by atoms with Crippen molar-refractivity contribution in [3.05, 3.63) is 35.4 Å². The van der Waals surface area contributed by atoms with Crippen LogP contribution in [-0.2, 0) is 14.8 Å². The van der Waals surface area contributed by atoms with Gasteiger partial charge in [0.15, 0.2) is 0 Å². The molecule has 0 radical (unpaired) electrons. The minimum absolute atomic E-state index is 0.188. The van der Waals surface area contributed by atoms with E-state index in [0.29, 0.717) is 18.7 Å². The van der Waals surface area contributed by atoms with E-state index >= 15 is 0 Å². The molecule has 0 atom stereocenters. The number of hydrogen-bond donors (Lipinski definition) is 1. The van der Waals surface area contributed by atoms with Crippen LogP contribution in [0.5, 0.6) is 0 Å². The van der Waals surface area contributed by atoms with Crippen LogP contribution >= 0.6 is 0 Å². The lowest BCUT2D eigenvalue weighted by Gasteiger charge is -2.19. The van der Waals surface area contributed by atoms with E-state index in [1.807, 2.05) is 6.92 Å². The first kappa shape index (κ1) is 13.6. The number of aliphatic carboxylic acids is 1. The monoisotopic (exact) mass is 281 g/mol. The van der Waals surface area contributed by atoms with Gasteiger partial charge in [0, 0.05) is 12.6 Å². The lowest BCUT2D eigenvalue weighted by atomic mass is 10.1. The number of carboxylic acid groups (broad SMARTS) is 1. The Morgan fingerprint density at radius 2 is 2.16 bits per heavy atom. The Kier molecular flexibility index (Phi) is 3.61. The summed E-state index contributed by atoms with van der Waals surface area (Å²) in [6, 6.07) is 5.22. The van der Waals surface area contributed by atoms with Gasteiger partial charge < -0.3 is 5.11 Å². The topological polar surface area (TPSA) is 74.7 Å². The van der Waals surface area contributed by atoms with Crippen molar-refractivity contribution in [3.63, 3.8) is 0 Å². The number of nitrogens with zero attached hydrogens (tertiary/aromatic N) is 1. The van der Waals surface area contributed by atoms with Crippen LogP contribution in [0.15, 0.2) is 24.3 Å². The molecule has 0 amide bonds. The maximum Gasteiger partial charge on any atom is 0.328 e. The molecule has 6 heteroatoms. The second-order valence-electron chi connectivity index (χ2n) is 4.46. The predicted molar refractivity (Wildman–Crippen MR) is 73.6 cm³/mol. The van der Waals surface area contributed by atoms with Gasteiger partial charge in [-0.3, -0.25) is 4.31 Å². The van der Waals surface area contributed by atoms with Gasteiger partial charge in [-0.05, 0) is 42.7 Å². The number of hydrogen-bond acceptors (Lipinski definition) is 3. The number of aryl methyl sites for hydroxylation is 1. The van der Waals surface area contributed by atoms with Crippen LogP contribution in [0.3, 0.4) is 0 Å². The highest BCUT2D eigenvalue weighted by Crippen LogP contribution is 2.28. The van der Waals surface area contributed by atoms with Crippen molar-refractivity contribution >= 4 is 27.8 Å². The molecular weight excluding hydrogens is 266 g/mol. The lowest BCUT2D eigenvalue weighted by molar-refractivity contribution is -0.131. The van der Waals surface area contributed by atoms with Gasteiger partial charge in [0.2, 0.25) is 10.0 Å². The first-order valence-corrected chi connectivity index (χ1v) is 7.53. The van der Waals surface area contributed by atoms with E-state index in [-0.39, 0.29) is 5.75 Å². The van der Waals surface area contributed by atoms with Gasteiger partial charge in [-0.1, -0.05) is 6.07 Å². The molecule has 1 saturated heterocycles. The Labute approximate surface area is 112 Å². The Balaban J connectivity index is 2.32. The molecule has 19 heavy (non-hydrogen) atoms. The molecule has 0 spiro atoms. The van der Waals surface area contributed by atoms with Crippen LogP contribution in [0.1, 0.15) is 17.5 Å². The van der Waals surface area contributed by atoms with Gasteiger partial charge in [0.25, 0.3) is 0 Å². The summed E-state index contributed by atoms with van der Waals surface area (Å²) in [5.41, 5.74) is 2.23. The van der Waals surface area contributed by atoms with Crippen molar-refractivity contribution in [1.29, 1.82) is 0 Å². The Bertz CT molecular complexity index is 634. The molecule has 0 saturated carbocycles. The molecule has 1 aromatic rings. The summed E-state index contributed by atoms with van der Waals surface area (Å²) in [5, 5.41) is 8.57. The minimum Gasteiger partial charge on any atom is -0.478 e. The fraction of sp³-hybridized carbons (Fsp3) is 0.308. The van der Waals surface area contributed by atoms with Crippen molar-refractivity contribution in [1.82, 2.24) is 0 Å². The average molecular weight is 281 g/mol. The Morgan fingerprint density at radius 3 is 2.68 bits per heavy atom. The molecule has 0 unspecified atom stereocenters. The van der Waals surface area contributed by atoms with Crippen LogP contribution < -0.4 is 4.31 Å². The molecule has 1 fully saturated rings. The van der Waals surface area contributed by atoms with Crippen LogP contribution in [0.2, 0.25) is 0 Å². The van der Waals surface area contributed by atoms with Gasteiger partial charge in [0.05, 0.1) is 11.4 Å². The average Bonchev–Trinajstić information content (AvgIpc) is 2.66. The largest absolute Gasteiger partial charge is 0.478 e. The Hall–Kier alpha value is -1.82. The van der Waals surface area contributed by atoms with E-state index in [0.717, 1.165) is 17.2 Å². The SMILES string of the molecule is Cc1cc(/C=C/C(=O)O)ccc1N1CCCS1(=O)=O. The number of anilines is 1. The van der Waals surface area contributed by atoms with Crippen molar-refractivity contribution < 1.29 is 18.3 Å². The van der Waals surface area contributed by atoms with E-state index in [4.69, 9.17) is 5.11 Å². The number of carbonyl (C=O) groups is 1. The zero-order valence-electron chi connectivity index (χ0n) is 10.5. The second kappa shape index (κ2) is 5.05. The lowest BCUT2D eigenvalue weighted by Crippen LogP contribution is -2.25. The third-order valence-corrected chi connectivity index (χ3v) is 4.86. The molecule has 1 aliphatic rings. The summed E-state index contributed by atoms with van der Waals surface area (Å²) < 4.78 is 25.1. The number of carboxylic acids is 1. The first-order chi connectivity index (χ1) is 8.90. The molecule has 0 aliphatic carbocycles. The molecule has 1 aromatic carbocycles. The zero-order chi connectivity index (χ0) is 14.0. The van der Waals surface area contributed by atoms with E-state index in [1.54, 1.807) is 18.2 Å². The highest BCUT2D eigenvalue weighted by molar-refractivity contribution is 7.93. The molecule has 2 rings (SSSR count). The first-order valence-electron chi connectivity index (χ1n) is 5.92. The molecule has 0 aromatic heterocycles. The van der Waals surface area contributed by atoms with Crippen LogP contribution in [0.4, 0.5) is 5.69 Å². The highest BCUT2D eigenvalue weighted by atomic mass is 32.2. The normalized spacial score (nSPS) is 18.1. The highest BCUT2D eigenvalue weighted by Gasteiger charge is 2.29. The molecule has 1 aliphatic heterocycles. The number of sulfonamides is 1. The molecule has 102 valence electrons. The molecule has 0 bridgehead atoms. The molecule has 1 heterocycles. The van der Waals surface area contributed by atoms with E-state index in [2.05, 4.69) is 0 Å². The minimum atomic E-state index is -3.18. The zero-order valence-corrected chi connectivity index (χ0v) is 11.4. The number of rotatable bonds is 3. The molecular formula is C13H15NO4S. The fourth-order valence-corrected chi connectivity index (χ4v) is 3.77. The van der Waals surface area contributed by atoms with E-state index in [1.165, 1.54) is 10.4 Å². The van der Waals surface area contributed by atoms with Crippen molar-refractivity contribution in [3.8, 4) is 0 Å². The molecule has 5 nitrogen and oxygen atoms in total. The van der Waals surface area contributed by atoms with Crippen molar-refractivity contribution in [2.75, 3.05) is 16.6 Å². The van der Waals surface area contributed by atoms with Crippen molar-refractivity contribution in [2.24, 2.45) is 0 Å². The maximum atomic E-state index is 11.8. The van der Waals surface area contributed by atoms with Crippen molar-refractivity contribution in [2.45, 2.75) is 13.3 Å². The van der Waals surface area contributed by atoms with E-state index in [9.17, 15) is 13.2 Å². The van der Waals surface area contributed by atoms with Gasteiger partial charge >= 0.3 is 5.97 Å². The summed E-state index contributed by atoms with van der Waals surface area (Å²) in [6.07, 6.45) is 3.18. The predicted octanol–water partition coefficient (Wildman–Crippen LogP) is 1.63. The summed E-state index contributed by atoms with van der Waals surface area (Å²) >= 11 is 0.